The van der Waals surface area contributed by atoms with Gasteiger partial charge >= 0.3 is 0 Å². The van der Waals surface area contributed by atoms with E-state index in [1.165, 1.54) is 29.7 Å². The third-order valence-corrected chi connectivity index (χ3v) is 4.25. The van der Waals surface area contributed by atoms with E-state index < -0.39 is 0 Å². The fourth-order valence-electron chi connectivity index (χ4n) is 3.13. The van der Waals surface area contributed by atoms with Crippen molar-refractivity contribution in [1.82, 2.24) is 15.1 Å². The highest BCUT2D eigenvalue weighted by atomic mass is 16.5. The standard InChI is InChI=1S/C17H23N3O/c1-3-20-17-9-5-8-16(15(17)12-19-20)18-11-13-6-4-7-14(10-13)21-2/h4,6-7,10,12,16,18H,3,5,8-9,11H2,1-2H3/t16-/m1/s1. The van der Waals surface area contributed by atoms with E-state index in [4.69, 9.17) is 4.74 Å². The Morgan fingerprint density at radius 3 is 3.14 bits per heavy atom. The van der Waals surface area contributed by atoms with Crippen molar-refractivity contribution in [3.8, 4) is 5.75 Å². The lowest BCUT2D eigenvalue weighted by Gasteiger charge is -2.24. The van der Waals surface area contributed by atoms with E-state index in [1.807, 2.05) is 18.3 Å². The molecular weight excluding hydrogens is 262 g/mol. The largest absolute Gasteiger partial charge is 0.497 e. The molecule has 112 valence electrons. The smallest absolute Gasteiger partial charge is 0.119 e. The third-order valence-electron chi connectivity index (χ3n) is 4.25. The number of nitrogens with one attached hydrogen (secondary N) is 1. The van der Waals surface area contributed by atoms with Gasteiger partial charge in [-0.1, -0.05) is 12.1 Å². The number of hydrogen-bond acceptors (Lipinski definition) is 3. The molecule has 3 rings (SSSR count). The zero-order valence-corrected chi connectivity index (χ0v) is 12.8. The van der Waals surface area contributed by atoms with Crippen molar-refractivity contribution in [2.45, 2.75) is 45.3 Å². The molecule has 0 saturated heterocycles. The first-order valence-corrected chi connectivity index (χ1v) is 7.72. The summed E-state index contributed by atoms with van der Waals surface area (Å²) in [4.78, 5) is 0. The van der Waals surface area contributed by atoms with Crippen molar-refractivity contribution in [1.29, 1.82) is 0 Å². The van der Waals surface area contributed by atoms with Gasteiger partial charge in [0, 0.05) is 30.4 Å². The lowest BCUT2D eigenvalue weighted by atomic mass is 9.93. The maximum absolute atomic E-state index is 5.28. The molecule has 0 amide bonds. The molecule has 4 heteroatoms. The summed E-state index contributed by atoms with van der Waals surface area (Å²) in [5.74, 6) is 0.914. The highest BCUT2D eigenvalue weighted by Gasteiger charge is 2.23. The van der Waals surface area contributed by atoms with Crippen molar-refractivity contribution < 1.29 is 4.74 Å². The Morgan fingerprint density at radius 1 is 1.43 bits per heavy atom. The summed E-state index contributed by atoms with van der Waals surface area (Å²) < 4.78 is 7.41. The van der Waals surface area contributed by atoms with E-state index in [0.29, 0.717) is 6.04 Å². The van der Waals surface area contributed by atoms with Crippen molar-refractivity contribution in [3.05, 3.63) is 47.3 Å². The minimum Gasteiger partial charge on any atom is -0.497 e. The summed E-state index contributed by atoms with van der Waals surface area (Å²) in [6.07, 6.45) is 5.61. The van der Waals surface area contributed by atoms with Gasteiger partial charge in [-0.15, -0.1) is 0 Å². The summed E-state index contributed by atoms with van der Waals surface area (Å²) in [6, 6.07) is 8.66. The highest BCUT2D eigenvalue weighted by molar-refractivity contribution is 5.29. The fourth-order valence-corrected chi connectivity index (χ4v) is 3.13. The van der Waals surface area contributed by atoms with Crippen LogP contribution in [0.5, 0.6) is 5.75 Å². The first-order chi connectivity index (χ1) is 10.3. The predicted molar refractivity (Wildman–Crippen MR) is 83.4 cm³/mol. The van der Waals surface area contributed by atoms with E-state index in [9.17, 15) is 0 Å². The Hall–Kier alpha value is -1.81. The molecule has 2 aromatic rings. The number of nitrogens with zero attached hydrogens (tertiary/aromatic N) is 2. The molecule has 0 aliphatic heterocycles. The number of hydrogen-bond donors (Lipinski definition) is 1. The topological polar surface area (TPSA) is 39.1 Å². The molecular formula is C17H23N3O. The second-order valence-corrected chi connectivity index (χ2v) is 5.54. The number of aromatic nitrogens is 2. The van der Waals surface area contributed by atoms with Crippen LogP contribution in [0, 0.1) is 0 Å². The summed E-state index contributed by atoms with van der Waals surface area (Å²) in [5, 5.41) is 8.18. The zero-order chi connectivity index (χ0) is 14.7. The summed E-state index contributed by atoms with van der Waals surface area (Å²) in [7, 11) is 1.71. The van der Waals surface area contributed by atoms with Gasteiger partial charge in [0.05, 0.1) is 13.3 Å². The maximum atomic E-state index is 5.28. The van der Waals surface area contributed by atoms with E-state index in [1.54, 1.807) is 7.11 Å². The number of aryl methyl sites for hydroxylation is 1. The highest BCUT2D eigenvalue weighted by Crippen LogP contribution is 2.29. The number of methoxy groups -OCH3 is 1. The molecule has 1 aliphatic carbocycles. The number of rotatable bonds is 5. The van der Waals surface area contributed by atoms with E-state index in [-0.39, 0.29) is 0 Å². The summed E-state index contributed by atoms with van der Waals surface area (Å²) in [5.41, 5.74) is 4.04. The van der Waals surface area contributed by atoms with Gasteiger partial charge in [-0.2, -0.15) is 5.10 Å². The predicted octanol–water partition coefficient (Wildman–Crippen LogP) is 3.08. The monoisotopic (exact) mass is 285 g/mol. The molecule has 0 radical (unpaired) electrons. The quantitative estimate of drug-likeness (QED) is 0.917. The normalized spacial score (nSPS) is 17.5. The number of ether oxygens (including phenoxy) is 1. The molecule has 0 saturated carbocycles. The fraction of sp³-hybridized carbons (Fsp3) is 0.471. The summed E-state index contributed by atoms with van der Waals surface area (Å²) >= 11 is 0. The van der Waals surface area contributed by atoms with E-state index in [2.05, 4.69) is 34.2 Å². The molecule has 1 atom stereocenters. The first kappa shape index (κ1) is 14.1. The Labute approximate surface area is 126 Å². The van der Waals surface area contributed by atoms with Crippen LogP contribution in [0.3, 0.4) is 0 Å². The van der Waals surface area contributed by atoms with Crippen LogP contribution in [0.25, 0.3) is 0 Å². The molecule has 1 aliphatic rings. The Balaban J connectivity index is 1.70. The van der Waals surface area contributed by atoms with Crippen molar-refractivity contribution in [2.75, 3.05) is 7.11 Å². The lowest BCUT2D eigenvalue weighted by molar-refractivity contribution is 0.413. The van der Waals surface area contributed by atoms with Gasteiger partial charge in [0.2, 0.25) is 0 Å². The van der Waals surface area contributed by atoms with Gasteiger partial charge in [0.15, 0.2) is 0 Å². The molecule has 0 bridgehead atoms. The Kier molecular flexibility index (Phi) is 4.25. The van der Waals surface area contributed by atoms with Crippen LogP contribution in [0.4, 0.5) is 0 Å². The molecule has 21 heavy (non-hydrogen) atoms. The van der Waals surface area contributed by atoms with Crippen LogP contribution >= 0.6 is 0 Å². The van der Waals surface area contributed by atoms with Gasteiger partial charge < -0.3 is 10.1 Å². The molecule has 0 unspecified atom stereocenters. The van der Waals surface area contributed by atoms with Gasteiger partial charge in [-0.25, -0.2) is 0 Å². The first-order valence-electron chi connectivity index (χ1n) is 7.72. The van der Waals surface area contributed by atoms with Crippen LogP contribution in [0.15, 0.2) is 30.5 Å². The third kappa shape index (κ3) is 2.95. The zero-order valence-electron chi connectivity index (χ0n) is 12.8. The van der Waals surface area contributed by atoms with E-state index >= 15 is 0 Å². The average molecular weight is 285 g/mol. The van der Waals surface area contributed by atoms with Gasteiger partial charge in [0.25, 0.3) is 0 Å². The van der Waals surface area contributed by atoms with E-state index in [0.717, 1.165) is 25.3 Å². The van der Waals surface area contributed by atoms with Crippen LogP contribution in [-0.2, 0) is 19.5 Å². The lowest BCUT2D eigenvalue weighted by Crippen LogP contribution is -2.25. The molecule has 1 aromatic carbocycles. The average Bonchev–Trinajstić information content (AvgIpc) is 2.96. The van der Waals surface area contributed by atoms with Crippen molar-refractivity contribution >= 4 is 0 Å². The summed E-state index contributed by atoms with van der Waals surface area (Å²) in [6.45, 7) is 3.97. The SMILES string of the molecule is CCn1ncc2c1CCC[C@H]2NCc1cccc(OC)c1. The van der Waals surface area contributed by atoms with Gasteiger partial charge in [0.1, 0.15) is 5.75 Å². The van der Waals surface area contributed by atoms with Crippen LogP contribution < -0.4 is 10.1 Å². The Bertz CT molecular complexity index is 606. The molecule has 1 aromatic heterocycles. The van der Waals surface area contributed by atoms with Crippen LogP contribution in [0.1, 0.15) is 42.6 Å². The van der Waals surface area contributed by atoms with Gasteiger partial charge in [-0.05, 0) is 43.9 Å². The van der Waals surface area contributed by atoms with Crippen LogP contribution in [-0.4, -0.2) is 16.9 Å². The second-order valence-electron chi connectivity index (χ2n) is 5.54. The minimum atomic E-state index is 0.417. The minimum absolute atomic E-state index is 0.417. The molecule has 0 spiro atoms. The molecule has 4 nitrogen and oxygen atoms in total. The molecule has 1 N–H and O–H groups in total. The van der Waals surface area contributed by atoms with Crippen molar-refractivity contribution in [2.24, 2.45) is 0 Å². The maximum Gasteiger partial charge on any atom is 0.119 e. The van der Waals surface area contributed by atoms with Gasteiger partial charge in [-0.3, -0.25) is 4.68 Å². The molecule has 1 heterocycles. The number of benzene rings is 1. The van der Waals surface area contributed by atoms with Crippen molar-refractivity contribution in [3.63, 3.8) is 0 Å². The molecule has 0 fully saturated rings. The Morgan fingerprint density at radius 2 is 2.33 bits per heavy atom. The second kappa shape index (κ2) is 6.31. The van der Waals surface area contributed by atoms with Crippen LogP contribution in [0.2, 0.25) is 0 Å². The number of fused-ring (bicyclic) bond motifs is 1.